The van der Waals surface area contributed by atoms with E-state index in [-0.39, 0.29) is 6.04 Å². The van der Waals surface area contributed by atoms with Gasteiger partial charge in [-0.1, -0.05) is 11.6 Å². The number of hydrogen-bond acceptors (Lipinski definition) is 3. The molecule has 0 heterocycles. The lowest BCUT2D eigenvalue weighted by Gasteiger charge is -2.18. The molecule has 1 aromatic rings. The van der Waals surface area contributed by atoms with Gasteiger partial charge in [-0.15, -0.1) is 0 Å². The van der Waals surface area contributed by atoms with E-state index in [9.17, 15) is 0 Å². The highest BCUT2D eigenvalue weighted by molar-refractivity contribution is 6.30. The molecular formula is C12H19ClN2O. The second-order valence-electron chi connectivity index (χ2n) is 4.04. The molecule has 1 aromatic carbocycles. The van der Waals surface area contributed by atoms with Crippen molar-refractivity contribution in [3.05, 3.63) is 29.3 Å². The van der Waals surface area contributed by atoms with Crippen molar-refractivity contribution in [1.29, 1.82) is 0 Å². The Labute approximate surface area is 102 Å². The third kappa shape index (κ3) is 5.35. The normalized spacial score (nSPS) is 12.8. The van der Waals surface area contributed by atoms with Crippen LogP contribution < -0.4 is 10.5 Å². The van der Waals surface area contributed by atoms with Gasteiger partial charge in [-0.25, -0.2) is 0 Å². The van der Waals surface area contributed by atoms with Crippen LogP contribution in [0.15, 0.2) is 24.3 Å². The van der Waals surface area contributed by atoms with Crippen molar-refractivity contribution >= 4 is 11.6 Å². The van der Waals surface area contributed by atoms with Crippen LogP contribution in [0.4, 0.5) is 0 Å². The van der Waals surface area contributed by atoms with E-state index in [4.69, 9.17) is 22.1 Å². The first-order chi connectivity index (χ1) is 7.58. The predicted molar refractivity (Wildman–Crippen MR) is 68.1 cm³/mol. The van der Waals surface area contributed by atoms with Gasteiger partial charge in [-0.05, 0) is 38.2 Å². The zero-order valence-electron chi connectivity index (χ0n) is 9.82. The molecule has 2 N–H and O–H groups in total. The minimum Gasteiger partial charge on any atom is -0.492 e. The molecule has 4 heteroatoms. The molecule has 16 heavy (non-hydrogen) atoms. The van der Waals surface area contributed by atoms with Gasteiger partial charge in [-0.2, -0.15) is 0 Å². The van der Waals surface area contributed by atoms with Crippen molar-refractivity contribution in [2.24, 2.45) is 5.73 Å². The Balaban J connectivity index is 2.22. The van der Waals surface area contributed by atoms with Crippen molar-refractivity contribution in [3.63, 3.8) is 0 Å². The van der Waals surface area contributed by atoms with Crippen LogP contribution in [-0.4, -0.2) is 37.7 Å². The Morgan fingerprint density at radius 2 is 2.00 bits per heavy atom. The second-order valence-corrected chi connectivity index (χ2v) is 4.48. The molecule has 0 aliphatic rings. The van der Waals surface area contributed by atoms with Gasteiger partial charge in [0.1, 0.15) is 12.4 Å². The van der Waals surface area contributed by atoms with Crippen LogP contribution in [0.25, 0.3) is 0 Å². The van der Waals surface area contributed by atoms with E-state index in [1.54, 1.807) is 0 Å². The molecular weight excluding hydrogens is 224 g/mol. The number of benzene rings is 1. The van der Waals surface area contributed by atoms with Crippen LogP contribution in [0.5, 0.6) is 5.75 Å². The highest BCUT2D eigenvalue weighted by atomic mass is 35.5. The molecule has 0 saturated heterocycles. The maximum Gasteiger partial charge on any atom is 0.119 e. The summed E-state index contributed by atoms with van der Waals surface area (Å²) in [4.78, 5) is 2.15. The van der Waals surface area contributed by atoms with Crippen molar-refractivity contribution in [2.45, 2.75) is 13.0 Å². The number of nitrogens with zero attached hydrogens (tertiary/aromatic N) is 1. The van der Waals surface area contributed by atoms with Gasteiger partial charge < -0.3 is 15.4 Å². The van der Waals surface area contributed by atoms with Gasteiger partial charge in [-0.3, -0.25) is 0 Å². The maximum absolute atomic E-state index is 5.78. The lowest BCUT2D eigenvalue weighted by molar-refractivity contribution is 0.231. The molecule has 0 aliphatic heterocycles. The first-order valence-corrected chi connectivity index (χ1v) is 5.78. The molecule has 0 aromatic heterocycles. The Kier molecular flexibility index (Phi) is 5.60. The second kappa shape index (κ2) is 6.74. The van der Waals surface area contributed by atoms with Gasteiger partial charge in [0.05, 0.1) is 0 Å². The van der Waals surface area contributed by atoms with E-state index in [1.165, 1.54) is 0 Å². The number of ether oxygens (including phenoxy) is 1. The molecule has 1 rings (SSSR count). The fourth-order valence-corrected chi connectivity index (χ4v) is 1.56. The molecule has 0 radical (unpaired) electrons. The SMILES string of the molecule is CC(N)CN(C)CCOc1ccc(Cl)cc1. The topological polar surface area (TPSA) is 38.5 Å². The minimum absolute atomic E-state index is 0.195. The van der Waals surface area contributed by atoms with Gasteiger partial charge in [0.2, 0.25) is 0 Å². The summed E-state index contributed by atoms with van der Waals surface area (Å²) < 4.78 is 5.57. The van der Waals surface area contributed by atoms with E-state index >= 15 is 0 Å². The first kappa shape index (κ1) is 13.3. The third-order valence-corrected chi connectivity index (χ3v) is 2.41. The average molecular weight is 243 g/mol. The maximum atomic E-state index is 5.78. The highest BCUT2D eigenvalue weighted by Gasteiger charge is 2.01. The standard InChI is InChI=1S/C12H19ClN2O/c1-10(14)9-15(2)7-8-16-12-5-3-11(13)4-6-12/h3-6,10H,7-9,14H2,1-2H3. The first-order valence-electron chi connectivity index (χ1n) is 5.40. The lowest BCUT2D eigenvalue weighted by atomic mass is 10.3. The Morgan fingerprint density at radius 3 is 2.56 bits per heavy atom. The smallest absolute Gasteiger partial charge is 0.119 e. The third-order valence-electron chi connectivity index (χ3n) is 2.16. The molecule has 1 unspecified atom stereocenters. The summed E-state index contributed by atoms with van der Waals surface area (Å²) in [6.07, 6.45) is 0. The Hall–Kier alpha value is -0.770. The molecule has 1 atom stereocenters. The fraction of sp³-hybridized carbons (Fsp3) is 0.500. The molecule has 90 valence electrons. The number of nitrogens with two attached hydrogens (primary N) is 1. The van der Waals surface area contributed by atoms with Crippen molar-refractivity contribution in [1.82, 2.24) is 4.90 Å². The summed E-state index contributed by atoms with van der Waals surface area (Å²) in [6.45, 7) is 4.40. The van der Waals surface area contributed by atoms with E-state index < -0.39 is 0 Å². The molecule has 0 spiro atoms. The van der Waals surface area contributed by atoms with Gasteiger partial charge in [0.25, 0.3) is 0 Å². The van der Waals surface area contributed by atoms with Crippen LogP contribution in [-0.2, 0) is 0 Å². The van der Waals surface area contributed by atoms with Gasteiger partial charge in [0, 0.05) is 24.2 Å². The zero-order chi connectivity index (χ0) is 12.0. The van der Waals surface area contributed by atoms with Crippen LogP contribution in [0.1, 0.15) is 6.92 Å². The molecule has 0 bridgehead atoms. The summed E-state index contributed by atoms with van der Waals surface area (Å²) >= 11 is 5.78. The van der Waals surface area contributed by atoms with Crippen LogP contribution in [0.2, 0.25) is 5.02 Å². The highest BCUT2D eigenvalue weighted by Crippen LogP contribution is 2.15. The van der Waals surface area contributed by atoms with E-state index in [0.717, 1.165) is 23.9 Å². The number of halogens is 1. The van der Waals surface area contributed by atoms with E-state index in [1.807, 2.05) is 38.2 Å². The quantitative estimate of drug-likeness (QED) is 0.829. The monoisotopic (exact) mass is 242 g/mol. The van der Waals surface area contributed by atoms with Crippen LogP contribution in [0.3, 0.4) is 0 Å². The van der Waals surface area contributed by atoms with Crippen molar-refractivity contribution < 1.29 is 4.74 Å². The van der Waals surface area contributed by atoms with E-state index in [0.29, 0.717) is 6.61 Å². The summed E-state index contributed by atoms with van der Waals surface area (Å²) in [5.41, 5.74) is 5.70. The predicted octanol–water partition coefficient (Wildman–Crippen LogP) is 2.00. The van der Waals surface area contributed by atoms with Gasteiger partial charge in [0.15, 0.2) is 0 Å². The van der Waals surface area contributed by atoms with Crippen LogP contribution >= 0.6 is 11.6 Å². The largest absolute Gasteiger partial charge is 0.492 e. The minimum atomic E-state index is 0.195. The zero-order valence-corrected chi connectivity index (χ0v) is 10.6. The molecule has 0 saturated carbocycles. The molecule has 0 amide bonds. The summed E-state index contributed by atoms with van der Waals surface area (Å²) in [6, 6.07) is 7.58. The Morgan fingerprint density at radius 1 is 1.38 bits per heavy atom. The van der Waals surface area contributed by atoms with Crippen molar-refractivity contribution in [2.75, 3.05) is 26.7 Å². The summed E-state index contributed by atoms with van der Waals surface area (Å²) in [5.74, 6) is 0.846. The van der Waals surface area contributed by atoms with E-state index in [2.05, 4.69) is 4.90 Å². The van der Waals surface area contributed by atoms with Crippen molar-refractivity contribution in [3.8, 4) is 5.75 Å². The summed E-state index contributed by atoms with van der Waals surface area (Å²) in [7, 11) is 2.04. The number of likely N-dealkylation sites (N-methyl/N-ethyl adjacent to an activating group) is 1. The van der Waals surface area contributed by atoms with Crippen LogP contribution in [0, 0.1) is 0 Å². The molecule has 0 fully saturated rings. The Bertz CT molecular complexity index is 300. The lowest BCUT2D eigenvalue weighted by Crippen LogP contribution is -2.35. The molecule has 3 nitrogen and oxygen atoms in total. The number of hydrogen-bond donors (Lipinski definition) is 1. The average Bonchev–Trinajstić information content (AvgIpc) is 2.20. The number of rotatable bonds is 6. The molecule has 0 aliphatic carbocycles. The fourth-order valence-electron chi connectivity index (χ4n) is 1.43. The summed E-state index contributed by atoms with van der Waals surface area (Å²) in [5, 5.41) is 0.724. The van der Waals surface area contributed by atoms with Gasteiger partial charge >= 0.3 is 0 Å².